The van der Waals surface area contributed by atoms with Crippen molar-refractivity contribution < 1.29 is 4.79 Å². The molecule has 0 spiro atoms. The fourth-order valence-electron chi connectivity index (χ4n) is 2.41. The van der Waals surface area contributed by atoms with E-state index in [1.54, 1.807) is 6.92 Å². The Bertz CT molecular complexity index is 771. The number of benzene rings is 1. The van der Waals surface area contributed by atoms with Crippen LogP contribution in [0.5, 0.6) is 0 Å². The van der Waals surface area contributed by atoms with Gasteiger partial charge in [-0.3, -0.25) is 0 Å². The van der Waals surface area contributed by atoms with Gasteiger partial charge in [0.1, 0.15) is 0 Å². The van der Waals surface area contributed by atoms with Crippen LogP contribution < -0.4 is 16.8 Å². The Morgan fingerprint density at radius 1 is 1.25 bits per heavy atom. The van der Waals surface area contributed by atoms with Crippen molar-refractivity contribution in [3.63, 3.8) is 0 Å². The average molecular weight is 331 g/mol. The fourth-order valence-corrected chi connectivity index (χ4v) is 2.41. The number of nitrogens with zero attached hydrogens (tertiary/aromatic N) is 3. The highest BCUT2D eigenvalue weighted by atomic mass is 16.2. The topological polar surface area (TPSA) is 94.9 Å². The average Bonchev–Trinajstić information content (AvgIpc) is 2.81. The second kappa shape index (κ2) is 6.90. The molecule has 1 heterocycles. The van der Waals surface area contributed by atoms with Gasteiger partial charge >= 0.3 is 11.7 Å². The van der Waals surface area contributed by atoms with Crippen molar-refractivity contribution in [3.8, 4) is 0 Å². The van der Waals surface area contributed by atoms with Crippen molar-refractivity contribution in [2.75, 3.05) is 5.84 Å². The molecule has 24 heavy (non-hydrogen) atoms. The Balaban J connectivity index is 2.00. The number of aromatic nitrogens is 3. The van der Waals surface area contributed by atoms with Crippen LogP contribution in [-0.2, 0) is 12.8 Å². The molecule has 7 heteroatoms. The molecule has 0 bridgehead atoms. The van der Waals surface area contributed by atoms with Gasteiger partial charge in [-0.05, 0) is 51.2 Å². The lowest BCUT2D eigenvalue weighted by Crippen LogP contribution is -2.49. The zero-order chi connectivity index (χ0) is 17.9. The molecular formula is C17H25N5O2. The van der Waals surface area contributed by atoms with Gasteiger partial charge in [0.2, 0.25) is 0 Å². The fraction of sp³-hybridized carbons (Fsp3) is 0.471. The molecule has 1 aromatic carbocycles. The first-order valence-electron chi connectivity index (χ1n) is 8.07. The number of nitrogen functional groups attached to an aromatic ring is 1. The summed E-state index contributed by atoms with van der Waals surface area (Å²) in [6.07, 6.45) is 2.58. The number of hydrogen-bond donors (Lipinski definition) is 2. The molecule has 0 atom stereocenters. The monoisotopic (exact) mass is 331 g/mol. The Labute approximate surface area is 141 Å². The van der Waals surface area contributed by atoms with Crippen LogP contribution in [0.15, 0.2) is 29.1 Å². The van der Waals surface area contributed by atoms with Gasteiger partial charge in [-0.2, -0.15) is 4.68 Å². The van der Waals surface area contributed by atoms with E-state index in [4.69, 9.17) is 5.84 Å². The predicted molar refractivity (Wildman–Crippen MR) is 93.5 cm³/mol. The lowest BCUT2D eigenvalue weighted by molar-refractivity contribution is 0.225. The Morgan fingerprint density at radius 3 is 2.33 bits per heavy atom. The van der Waals surface area contributed by atoms with E-state index in [1.807, 2.05) is 13.8 Å². The maximum Gasteiger partial charge on any atom is 0.373 e. The summed E-state index contributed by atoms with van der Waals surface area (Å²) in [5.74, 6) is 5.78. The molecule has 2 rings (SSSR count). The molecule has 0 aliphatic rings. The van der Waals surface area contributed by atoms with Crippen LogP contribution in [0, 0.1) is 6.92 Å². The molecule has 1 aromatic heterocycles. The highest BCUT2D eigenvalue weighted by molar-refractivity contribution is 5.76. The third-order valence-corrected chi connectivity index (χ3v) is 4.09. The molecule has 0 saturated heterocycles. The zero-order valence-electron chi connectivity index (χ0n) is 14.7. The van der Waals surface area contributed by atoms with E-state index in [9.17, 15) is 9.59 Å². The molecule has 1 amide bonds. The Morgan fingerprint density at radius 2 is 1.83 bits per heavy atom. The number of amides is 1. The van der Waals surface area contributed by atoms with Gasteiger partial charge in [0.25, 0.3) is 0 Å². The minimum absolute atomic E-state index is 0.281. The number of carbonyl (C=O) groups is 1. The Kier molecular flexibility index (Phi) is 5.11. The van der Waals surface area contributed by atoms with E-state index in [-0.39, 0.29) is 5.82 Å². The first-order valence-corrected chi connectivity index (χ1v) is 8.07. The second-order valence-electron chi connectivity index (χ2n) is 6.60. The van der Waals surface area contributed by atoms with Crippen LogP contribution in [0.2, 0.25) is 0 Å². The van der Waals surface area contributed by atoms with E-state index in [0.717, 1.165) is 28.6 Å². The molecule has 130 valence electrons. The van der Waals surface area contributed by atoms with E-state index in [1.165, 1.54) is 11.1 Å². The summed E-state index contributed by atoms with van der Waals surface area (Å²) in [5, 5.41) is 6.70. The van der Waals surface area contributed by atoms with E-state index in [2.05, 4.69) is 41.6 Å². The van der Waals surface area contributed by atoms with Crippen LogP contribution in [-0.4, -0.2) is 26.0 Å². The highest BCUT2D eigenvalue weighted by Gasteiger charge is 2.23. The summed E-state index contributed by atoms with van der Waals surface area (Å²) in [7, 11) is 0. The van der Waals surface area contributed by atoms with E-state index in [0.29, 0.717) is 0 Å². The highest BCUT2D eigenvalue weighted by Crippen LogP contribution is 2.15. The molecule has 2 aromatic rings. The maximum absolute atomic E-state index is 12.3. The third-order valence-electron chi connectivity index (χ3n) is 4.09. The van der Waals surface area contributed by atoms with Crippen molar-refractivity contribution in [1.82, 2.24) is 19.8 Å². The SMILES string of the molecule is CCc1ccc(CCC(C)(C)NC(=O)n2nc(C)n(N)c2=O)cc1. The molecule has 0 unspecified atom stereocenters. The number of rotatable bonds is 5. The van der Waals surface area contributed by atoms with Gasteiger partial charge in [-0.25, -0.2) is 9.59 Å². The van der Waals surface area contributed by atoms with Crippen LogP contribution in [0.1, 0.15) is 44.1 Å². The first-order chi connectivity index (χ1) is 11.2. The number of aryl methyl sites for hydroxylation is 3. The summed E-state index contributed by atoms with van der Waals surface area (Å²) in [5.41, 5.74) is 1.38. The van der Waals surface area contributed by atoms with Gasteiger partial charge < -0.3 is 11.2 Å². The summed E-state index contributed by atoms with van der Waals surface area (Å²) >= 11 is 0. The van der Waals surface area contributed by atoms with Crippen LogP contribution in [0.3, 0.4) is 0 Å². The van der Waals surface area contributed by atoms with Gasteiger partial charge in [-0.15, -0.1) is 9.78 Å². The van der Waals surface area contributed by atoms with Crippen molar-refractivity contribution in [3.05, 3.63) is 51.7 Å². The molecular weight excluding hydrogens is 306 g/mol. The zero-order valence-corrected chi connectivity index (χ0v) is 14.7. The van der Waals surface area contributed by atoms with E-state index >= 15 is 0 Å². The number of nitrogens with one attached hydrogen (secondary N) is 1. The first kappa shape index (κ1) is 17.8. The van der Waals surface area contributed by atoms with Crippen LogP contribution in [0.25, 0.3) is 0 Å². The van der Waals surface area contributed by atoms with Gasteiger partial charge in [-0.1, -0.05) is 31.2 Å². The molecule has 7 nitrogen and oxygen atoms in total. The minimum atomic E-state index is -0.657. The number of carbonyl (C=O) groups excluding carboxylic acids is 1. The summed E-state index contributed by atoms with van der Waals surface area (Å²) in [6, 6.07) is 7.90. The van der Waals surface area contributed by atoms with Crippen molar-refractivity contribution >= 4 is 6.03 Å². The lowest BCUT2D eigenvalue weighted by atomic mass is 9.95. The Hall–Kier alpha value is -2.57. The van der Waals surface area contributed by atoms with Crippen LogP contribution >= 0.6 is 0 Å². The lowest BCUT2D eigenvalue weighted by Gasteiger charge is -2.25. The predicted octanol–water partition coefficient (Wildman–Crippen LogP) is 1.60. The third kappa shape index (κ3) is 4.04. The minimum Gasteiger partial charge on any atom is -0.333 e. The largest absolute Gasteiger partial charge is 0.373 e. The molecule has 0 saturated carbocycles. The smallest absolute Gasteiger partial charge is 0.333 e. The molecule has 0 aliphatic heterocycles. The van der Waals surface area contributed by atoms with Gasteiger partial charge in [0, 0.05) is 5.54 Å². The summed E-state index contributed by atoms with van der Waals surface area (Å²) in [6.45, 7) is 7.53. The van der Waals surface area contributed by atoms with Gasteiger partial charge in [0.05, 0.1) is 0 Å². The quantitative estimate of drug-likeness (QED) is 0.814. The molecule has 0 radical (unpaired) electrons. The normalized spacial score (nSPS) is 11.5. The molecule has 0 aliphatic carbocycles. The standard InChI is InChI=1S/C17H25N5O2/c1-5-13-6-8-14(9-7-13)10-11-17(3,4)19-15(23)22-16(24)21(18)12(2)20-22/h6-9H,5,10-11,18H2,1-4H3,(H,19,23). The van der Waals surface area contributed by atoms with Crippen molar-refractivity contribution in [1.29, 1.82) is 0 Å². The maximum atomic E-state index is 12.3. The van der Waals surface area contributed by atoms with Crippen LogP contribution in [0.4, 0.5) is 4.79 Å². The number of hydrogen-bond acceptors (Lipinski definition) is 4. The summed E-state index contributed by atoms with van der Waals surface area (Å²) < 4.78 is 1.61. The molecule has 0 fully saturated rings. The molecule has 3 N–H and O–H groups in total. The van der Waals surface area contributed by atoms with Crippen molar-refractivity contribution in [2.45, 2.75) is 52.5 Å². The van der Waals surface area contributed by atoms with Crippen molar-refractivity contribution in [2.24, 2.45) is 0 Å². The summed E-state index contributed by atoms with van der Waals surface area (Å²) in [4.78, 5) is 24.1. The second-order valence-corrected chi connectivity index (χ2v) is 6.60. The van der Waals surface area contributed by atoms with E-state index < -0.39 is 17.3 Å². The number of nitrogens with two attached hydrogens (primary N) is 1. The van der Waals surface area contributed by atoms with Gasteiger partial charge in [0.15, 0.2) is 5.82 Å².